The van der Waals surface area contributed by atoms with E-state index in [2.05, 4.69) is 24.1 Å². The van der Waals surface area contributed by atoms with E-state index in [9.17, 15) is 8.42 Å². The van der Waals surface area contributed by atoms with E-state index >= 15 is 0 Å². The maximum atomic E-state index is 11.6. The Balaban J connectivity index is 1.64. The van der Waals surface area contributed by atoms with Gasteiger partial charge in [0.25, 0.3) is 0 Å². The van der Waals surface area contributed by atoms with Crippen molar-refractivity contribution in [3.63, 3.8) is 0 Å². The van der Waals surface area contributed by atoms with Crippen molar-refractivity contribution in [2.45, 2.75) is 64.8 Å². The summed E-state index contributed by atoms with van der Waals surface area (Å²) in [5.41, 5.74) is 0.508. The molecule has 6 heteroatoms. The third-order valence-corrected chi connectivity index (χ3v) is 7.73. The molecule has 0 aromatic heterocycles. The Bertz CT molecular complexity index is 565. The Kier molecular flexibility index (Phi) is 5.42. The zero-order valence-corrected chi connectivity index (χ0v) is 16.1. The predicted molar refractivity (Wildman–Crippen MR) is 99.0 cm³/mol. The van der Waals surface area contributed by atoms with E-state index in [1.165, 1.54) is 38.5 Å². The molecule has 0 radical (unpaired) electrons. The summed E-state index contributed by atoms with van der Waals surface area (Å²) in [4.78, 5) is 7.26. The van der Waals surface area contributed by atoms with Gasteiger partial charge >= 0.3 is 0 Å². The van der Waals surface area contributed by atoms with E-state index in [1.807, 2.05) is 0 Å². The fourth-order valence-electron chi connectivity index (χ4n) is 4.55. The van der Waals surface area contributed by atoms with Crippen LogP contribution < -0.4 is 5.32 Å². The number of aliphatic imine (C=N–C) groups is 1. The summed E-state index contributed by atoms with van der Waals surface area (Å²) >= 11 is 0. The van der Waals surface area contributed by atoms with Crippen LogP contribution in [0.25, 0.3) is 0 Å². The maximum absolute atomic E-state index is 11.6. The highest BCUT2D eigenvalue weighted by molar-refractivity contribution is 7.91. The van der Waals surface area contributed by atoms with Crippen molar-refractivity contribution >= 4 is 15.8 Å². The molecule has 2 heterocycles. The lowest BCUT2D eigenvalue weighted by Crippen LogP contribution is -2.44. The van der Waals surface area contributed by atoms with E-state index in [0.717, 1.165) is 25.5 Å². The summed E-state index contributed by atoms with van der Waals surface area (Å²) in [6.45, 7) is 7.12. The largest absolute Gasteiger partial charge is 0.354 e. The standard InChI is InChI=1S/C18H33N3O2S/c1-15(2)20-17(19-12-16-6-11-24(22,23)13-16)21-10-9-18(14-21)7-4-3-5-8-18/h15-16H,3-14H2,1-2H3,(H,19,20). The molecule has 1 atom stereocenters. The summed E-state index contributed by atoms with van der Waals surface area (Å²) in [6, 6.07) is 0.346. The number of rotatable bonds is 3. The van der Waals surface area contributed by atoms with E-state index < -0.39 is 9.84 Å². The second-order valence-corrected chi connectivity index (χ2v) is 10.7. The number of nitrogens with one attached hydrogen (secondary N) is 1. The average molecular weight is 356 g/mol. The van der Waals surface area contributed by atoms with E-state index in [4.69, 9.17) is 4.99 Å². The summed E-state index contributed by atoms with van der Waals surface area (Å²) in [5.74, 6) is 1.85. The molecule has 1 unspecified atom stereocenters. The molecule has 2 saturated heterocycles. The first-order valence-corrected chi connectivity index (χ1v) is 11.5. The van der Waals surface area contributed by atoms with Gasteiger partial charge < -0.3 is 10.2 Å². The van der Waals surface area contributed by atoms with Gasteiger partial charge in [0.1, 0.15) is 0 Å². The highest BCUT2D eigenvalue weighted by Crippen LogP contribution is 2.43. The Labute approximate surface area is 147 Å². The highest BCUT2D eigenvalue weighted by atomic mass is 32.2. The first-order valence-electron chi connectivity index (χ1n) is 9.64. The van der Waals surface area contributed by atoms with Crippen LogP contribution in [-0.2, 0) is 9.84 Å². The zero-order chi connectivity index (χ0) is 17.2. The maximum Gasteiger partial charge on any atom is 0.194 e. The lowest BCUT2D eigenvalue weighted by atomic mass is 9.73. The first-order chi connectivity index (χ1) is 11.4. The SMILES string of the molecule is CC(C)NC(=NCC1CCS(=O)(=O)C1)N1CCC2(CCCCC2)C1. The fraction of sp³-hybridized carbons (Fsp3) is 0.944. The number of likely N-dealkylation sites (tertiary alicyclic amines) is 1. The highest BCUT2D eigenvalue weighted by Gasteiger charge is 2.40. The Morgan fingerprint density at radius 1 is 1.25 bits per heavy atom. The van der Waals surface area contributed by atoms with Crippen molar-refractivity contribution in [1.82, 2.24) is 10.2 Å². The van der Waals surface area contributed by atoms with Crippen LogP contribution in [-0.4, -0.2) is 56.5 Å². The molecule has 1 spiro atoms. The average Bonchev–Trinajstić information content (AvgIpc) is 3.08. The molecule has 24 heavy (non-hydrogen) atoms. The molecular formula is C18H33N3O2S. The minimum Gasteiger partial charge on any atom is -0.354 e. The minimum atomic E-state index is -2.81. The molecule has 1 aliphatic carbocycles. The predicted octanol–water partition coefficient (Wildman–Crippen LogP) is 2.43. The number of nitrogens with zero attached hydrogens (tertiary/aromatic N) is 2. The lowest BCUT2D eigenvalue weighted by molar-refractivity contribution is 0.203. The van der Waals surface area contributed by atoms with Crippen molar-refractivity contribution < 1.29 is 8.42 Å². The van der Waals surface area contributed by atoms with E-state index in [0.29, 0.717) is 29.5 Å². The zero-order valence-electron chi connectivity index (χ0n) is 15.3. The molecule has 3 aliphatic rings. The minimum absolute atomic E-state index is 0.199. The summed E-state index contributed by atoms with van der Waals surface area (Å²) in [7, 11) is -2.81. The van der Waals surface area contributed by atoms with Crippen molar-refractivity contribution in [3.8, 4) is 0 Å². The summed E-state index contributed by atoms with van der Waals surface area (Å²) in [6.07, 6.45) is 8.91. The molecule has 2 aliphatic heterocycles. The molecule has 5 nitrogen and oxygen atoms in total. The second kappa shape index (κ2) is 7.22. The van der Waals surface area contributed by atoms with Crippen LogP contribution in [0.4, 0.5) is 0 Å². The van der Waals surface area contributed by atoms with Gasteiger partial charge in [0.05, 0.1) is 11.5 Å². The Hall–Kier alpha value is -0.780. The molecule has 0 amide bonds. The molecular weight excluding hydrogens is 322 g/mol. The summed E-state index contributed by atoms with van der Waals surface area (Å²) in [5, 5.41) is 3.51. The van der Waals surface area contributed by atoms with Crippen LogP contribution in [0, 0.1) is 11.3 Å². The molecule has 0 aromatic carbocycles. The molecule has 3 fully saturated rings. The van der Waals surface area contributed by atoms with Crippen molar-refractivity contribution in [1.29, 1.82) is 0 Å². The van der Waals surface area contributed by atoms with Gasteiger partial charge in [-0.25, -0.2) is 8.42 Å². The molecule has 0 aromatic rings. The van der Waals surface area contributed by atoms with Crippen molar-refractivity contribution in [2.75, 3.05) is 31.1 Å². The number of hydrogen-bond acceptors (Lipinski definition) is 3. The Morgan fingerprint density at radius 2 is 2.00 bits per heavy atom. The van der Waals surface area contributed by atoms with E-state index in [1.54, 1.807) is 0 Å². The topological polar surface area (TPSA) is 61.8 Å². The van der Waals surface area contributed by atoms with Crippen molar-refractivity contribution in [3.05, 3.63) is 0 Å². The van der Waals surface area contributed by atoms with Crippen LogP contribution in [0.2, 0.25) is 0 Å². The lowest BCUT2D eigenvalue weighted by Gasteiger charge is -2.34. The molecule has 138 valence electrons. The van der Waals surface area contributed by atoms with Crippen LogP contribution in [0.5, 0.6) is 0 Å². The van der Waals surface area contributed by atoms with Crippen LogP contribution in [0.1, 0.15) is 58.8 Å². The normalized spacial score (nSPS) is 29.5. The molecule has 0 bridgehead atoms. The van der Waals surface area contributed by atoms with Gasteiger partial charge in [0.15, 0.2) is 15.8 Å². The smallest absolute Gasteiger partial charge is 0.194 e. The third-order valence-electron chi connectivity index (χ3n) is 5.90. The number of guanidine groups is 1. The second-order valence-electron chi connectivity index (χ2n) is 8.46. The molecule has 1 saturated carbocycles. The molecule has 3 rings (SSSR count). The quantitative estimate of drug-likeness (QED) is 0.624. The first kappa shape index (κ1) is 18.0. The molecule has 1 N–H and O–H groups in total. The fourth-order valence-corrected chi connectivity index (χ4v) is 6.40. The summed E-state index contributed by atoms with van der Waals surface area (Å²) < 4.78 is 23.3. The van der Waals surface area contributed by atoms with Crippen LogP contribution in [0.15, 0.2) is 4.99 Å². The number of hydrogen-bond donors (Lipinski definition) is 1. The van der Waals surface area contributed by atoms with Gasteiger partial charge in [-0.1, -0.05) is 19.3 Å². The van der Waals surface area contributed by atoms with Crippen molar-refractivity contribution in [2.24, 2.45) is 16.3 Å². The van der Waals surface area contributed by atoms with Gasteiger partial charge in [-0.05, 0) is 50.9 Å². The van der Waals surface area contributed by atoms with Crippen LogP contribution >= 0.6 is 0 Å². The van der Waals surface area contributed by atoms with E-state index in [-0.39, 0.29) is 5.92 Å². The van der Waals surface area contributed by atoms with Gasteiger partial charge in [0.2, 0.25) is 0 Å². The monoisotopic (exact) mass is 355 g/mol. The number of sulfone groups is 1. The van der Waals surface area contributed by atoms with Gasteiger partial charge in [-0.2, -0.15) is 0 Å². The van der Waals surface area contributed by atoms with Gasteiger partial charge in [-0.15, -0.1) is 0 Å². The van der Waals surface area contributed by atoms with Crippen LogP contribution in [0.3, 0.4) is 0 Å². The Morgan fingerprint density at radius 3 is 2.62 bits per heavy atom. The van der Waals surface area contributed by atoms with Gasteiger partial charge in [0, 0.05) is 25.7 Å². The third kappa shape index (κ3) is 4.44. The van der Waals surface area contributed by atoms with Gasteiger partial charge in [-0.3, -0.25) is 4.99 Å².